The standard InChI is InChI=1S/C28H29FN2O2/c29-23-11-9-21(10-12-23)28(33)30-25-8-4-7-22-17-26(27(32)18-24(22)25)31-15-13-20(14-16-31)19-5-2-1-3-6-19/h1-12,20,26-27,32H,13-18H2,(H,30,33)/t26-,27-/m1/s1. The van der Waals surface area contributed by atoms with Gasteiger partial charge in [-0.2, -0.15) is 0 Å². The SMILES string of the molecule is O=C(Nc1cccc2c1C[C@@H](O)[C@H](N1CCC(c3ccccc3)CC1)C2)c1ccc(F)cc1. The first-order valence-electron chi connectivity index (χ1n) is 11.7. The fourth-order valence-corrected chi connectivity index (χ4v) is 5.35. The van der Waals surface area contributed by atoms with Crippen molar-refractivity contribution in [3.63, 3.8) is 0 Å². The molecule has 2 N–H and O–H groups in total. The zero-order valence-corrected chi connectivity index (χ0v) is 18.6. The summed E-state index contributed by atoms with van der Waals surface area (Å²) < 4.78 is 13.2. The lowest BCUT2D eigenvalue weighted by Gasteiger charge is -2.42. The molecule has 3 aromatic carbocycles. The molecule has 0 aromatic heterocycles. The first-order chi connectivity index (χ1) is 16.1. The van der Waals surface area contributed by atoms with E-state index in [-0.39, 0.29) is 17.8 Å². The number of halogens is 1. The van der Waals surface area contributed by atoms with Gasteiger partial charge in [0.05, 0.1) is 6.10 Å². The van der Waals surface area contributed by atoms with E-state index >= 15 is 0 Å². The second-order valence-corrected chi connectivity index (χ2v) is 9.17. The molecule has 1 saturated heterocycles. The van der Waals surface area contributed by atoms with Crippen molar-refractivity contribution in [2.24, 2.45) is 0 Å². The third kappa shape index (κ3) is 4.70. The Morgan fingerprint density at radius 2 is 1.64 bits per heavy atom. The molecule has 4 nitrogen and oxygen atoms in total. The van der Waals surface area contributed by atoms with Crippen molar-refractivity contribution in [2.75, 3.05) is 18.4 Å². The average molecular weight is 445 g/mol. The van der Waals surface area contributed by atoms with Gasteiger partial charge in [0.25, 0.3) is 5.91 Å². The highest BCUT2D eigenvalue weighted by molar-refractivity contribution is 6.04. The van der Waals surface area contributed by atoms with Crippen LogP contribution in [-0.4, -0.2) is 41.1 Å². The van der Waals surface area contributed by atoms with Gasteiger partial charge in [0, 0.05) is 23.7 Å². The molecule has 1 amide bonds. The van der Waals surface area contributed by atoms with E-state index in [1.165, 1.54) is 35.4 Å². The van der Waals surface area contributed by atoms with E-state index in [2.05, 4.69) is 46.6 Å². The summed E-state index contributed by atoms with van der Waals surface area (Å²) in [5, 5.41) is 14.0. The van der Waals surface area contributed by atoms with Crippen molar-refractivity contribution in [3.8, 4) is 0 Å². The minimum Gasteiger partial charge on any atom is -0.391 e. The molecule has 0 bridgehead atoms. The molecule has 3 aromatic rings. The Balaban J connectivity index is 1.27. The number of carbonyl (C=O) groups is 1. The first-order valence-corrected chi connectivity index (χ1v) is 11.7. The molecular formula is C28H29FN2O2. The zero-order valence-electron chi connectivity index (χ0n) is 18.6. The summed E-state index contributed by atoms with van der Waals surface area (Å²) in [7, 11) is 0. The second kappa shape index (κ2) is 9.46. The smallest absolute Gasteiger partial charge is 0.255 e. The molecule has 5 heteroatoms. The molecular weight excluding hydrogens is 415 g/mol. The Labute approximate surface area is 194 Å². The van der Waals surface area contributed by atoms with Gasteiger partial charge < -0.3 is 10.4 Å². The van der Waals surface area contributed by atoms with E-state index in [1.807, 2.05) is 12.1 Å². The summed E-state index contributed by atoms with van der Waals surface area (Å²) in [5.74, 6) is -0.0580. The lowest BCUT2D eigenvalue weighted by atomic mass is 9.82. The molecule has 0 saturated carbocycles. The second-order valence-electron chi connectivity index (χ2n) is 9.17. The van der Waals surface area contributed by atoms with Crippen LogP contribution in [0, 0.1) is 5.82 Å². The van der Waals surface area contributed by atoms with Gasteiger partial charge in [-0.1, -0.05) is 42.5 Å². The van der Waals surface area contributed by atoms with Gasteiger partial charge in [0.15, 0.2) is 0 Å². The third-order valence-corrected chi connectivity index (χ3v) is 7.18. The van der Waals surface area contributed by atoms with Crippen LogP contribution < -0.4 is 5.32 Å². The minimum atomic E-state index is -0.477. The van der Waals surface area contributed by atoms with Crippen LogP contribution in [0.4, 0.5) is 10.1 Å². The number of likely N-dealkylation sites (tertiary alicyclic amines) is 1. The van der Waals surface area contributed by atoms with E-state index in [4.69, 9.17) is 0 Å². The summed E-state index contributed by atoms with van der Waals surface area (Å²) >= 11 is 0. The van der Waals surface area contributed by atoms with Gasteiger partial charge in [-0.25, -0.2) is 4.39 Å². The summed E-state index contributed by atoms with van der Waals surface area (Å²) in [5.41, 5.74) is 4.71. The van der Waals surface area contributed by atoms with Crippen LogP contribution in [0.2, 0.25) is 0 Å². The molecule has 1 aliphatic carbocycles. The fourth-order valence-electron chi connectivity index (χ4n) is 5.35. The van der Waals surface area contributed by atoms with Crippen molar-refractivity contribution < 1.29 is 14.3 Å². The molecule has 2 aliphatic rings. The summed E-state index contributed by atoms with van der Waals surface area (Å²) in [6.07, 6.45) is 3.02. The molecule has 170 valence electrons. The topological polar surface area (TPSA) is 52.6 Å². The first kappa shape index (κ1) is 21.8. The number of nitrogens with zero attached hydrogens (tertiary/aromatic N) is 1. The number of rotatable bonds is 4. The monoisotopic (exact) mass is 444 g/mol. The quantitative estimate of drug-likeness (QED) is 0.609. The zero-order chi connectivity index (χ0) is 22.8. The molecule has 1 fully saturated rings. The van der Waals surface area contributed by atoms with Gasteiger partial charge in [-0.15, -0.1) is 0 Å². The lowest BCUT2D eigenvalue weighted by molar-refractivity contribution is 0.0296. The number of benzene rings is 3. The van der Waals surface area contributed by atoms with Crippen molar-refractivity contribution in [3.05, 3.63) is 101 Å². The molecule has 33 heavy (non-hydrogen) atoms. The maximum Gasteiger partial charge on any atom is 0.255 e. The predicted octanol–water partition coefficient (Wildman–Crippen LogP) is 4.79. The number of aliphatic hydroxyl groups excluding tert-OH is 1. The highest BCUT2D eigenvalue weighted by Crippen LogP contribution is 2.34. The van der Waals surface area contributed by atoms with Crippen LogP contribution in [0.1, 0.15) is 45.8 Å². The maximum absolute atomic E-state index is 13.2. The number of fused-ring (bicyclic) bond motifs is 1. The minimum absolute atomic E-state index is 0.0947. The number of piperidine rings is 1. The fraction of sp³-hybridized carbons (Fsp3) is 0.321. The molecule has 2 atom stereocenters. The molecule has 0 radical (unpaired) electrons. The van der Waals surface area contributed by atoms with E-state index < -0.39 is 6.10 Å². The number of hydrogen-bond donors (Lipinski definition) is 2. The summed E-state index contributed by atoms with van der Waals surface area (Å²) in [6.45, 7) is 1.97. The van der Waals surface area contributed by atoms with E-state index in [9.17, 15) is 14.3 Å². The number of carbonyl (C=O) groups excluding carboxylic acids is 1. The molecule has 1 heterocycles. The van der Waals surface area contributed by atoms with Gasteiger partial charge in [-0.3, -0.25) is 9.69 Å². The predicted molar refractivity (Wildman–Crippen MR) is 128 cm³/mol. The van der Waals surface area contributed by atoms with Crippen LogP contribution in [0.3, 0.4) is 0 Å². The van der Waals surface area contributed by atoms with Crippen LogP contribution in [0.5, 0.6) is 0 Å². The highest BCUT2D eigenvalue weighted by atomic mass is 19.1. The normalized spacial score (nSPS) is 21.4. The van der Waals surface area contributed by atoms with Crippen molar-refractivity contribution in [1.29, 1.82) is 0 Å². The van der Waals surface area contributed by atoms with Gasteiger partial charge in [-0.05, 0) is 85.3 Å². The molecule has 0 spiro atoms. The number of nitrogens with one attached hydrogen (secondary N) is 1. The number of aliphatic hydroxyl groups is 1. The maximum atomic E-state index is 13.2. The molecule has 0 unspecified atom stereocenters. The highest BCUT2D eigenvalue weighted by Gasteiger charge is 2.35. The largest absolute Gasteiger partial charge is 0.391 e. The van der Waals surface area contributed by atoms with Crippen LogP contribution in [0.15, 0.2) is 72.8 Å². The Hall–Kier alpha value is -3.02. The van der Waals surface area contributed by atoms with Crippen LogP contribution >= 0.6 is 0 Å². The molecule has 1 aliphatic heterocycles. The van der Waals surface area contributed by atoms with Gasteiger partial charge in [0.2, 0.25) is 0 Å². The third-order valence-electron chi connectivity index (χ3n) is 7.18. The molecule has 5 rings (SSSR count). The Morgan fingerprint density at radius 1 is 0.909 bits per heavy atom. The summed E-state index contributed by atoms with van der Waals surface area (Å²) in [4.78, 5) is 15.1. The van der Waals surface area contributed by atoms with Crippen molar-refractivity contribution in [1.82, 2.24) is 4.90 Å². The van der Waals surface area contributed by atoms with Crippen LogP contribution in [0.25, 0.3) is 0 Å². The van der Waals surface area contributed by atoms with E-state index in [0.29, 0.717) is 17.9 Å². The Morgan fingerprint density at radius 3 is 2.36 bits per heavy atom. The lowest BCUT2D eigenvalue weighted by Crippen LogP contribution is -2.51. The van der Waals surface area contributed by atoms with Crippen molar-refractivity contribution >= 4 is 11.6 Å². The van der Waals surface area contributed by atoms with Gasteiger partial charge >= 0.3 is 0 Å². The Bertz CT molecular complexity index is 1110. The van der Waals surface area contributed by atoms with Crippen LogP contribution in [-0.2, 0) is 12.8 Å². The summed E-state index contributed by atoms with van der Waals surface area (Å²) in [6, 6.07) is 22.2. The number of amides is 1. The Kier molecular flexibility index (Phi) is 6.25. The average Bonchev–Trinajstić information content (AvgIpc) is 2.85. The van der Waals surface area contributed by atoms with E-state index in [0.717, 1.165) is 43.6 Å². The number of hydrogen-bond acceptors (Lipinski definition) is 3. The van der Waals surface area contributed by atoms with Crippen molar-refractivity contribution in [2.45, 2.75) is 43.7 Å². The van der Waals surface area contributed by atoms with E-state index in [1.54, 1.807) is 0 Å². The number of anilines is 1. The van der Waals surface area contributed by atoms with Gasteiger partial charge in [0.1, 0.15) is 5.82 Å².